The fraction of sp³-hybridized carbons (Fsp3) is 0.231. The maximum atomic E-state index is 13.0. The fourth-order valence-electron chi connectivity index (χ4n) is 1.58. The van der Waals surface area contributed by atoms with E-state index in [-0.39, 0.29) is 11.8 Å². The lowest BCUT2D eigenvalue weighted by atomic mass is 10.2. The third-order valence-electron chi connectivity index (χ3n) is 2.43. The predicted octanol–water partition coefficient (Wildman–Crippen LogP) is 2.48. The largest absolute Gasteiger partial charge is 0.424 e. The molecule has 1 aromatic carbocycles. The highest BCUT2D eigenvalue weighted by atomic mass is 19.1. The summed E-state index contributed by atoms with van der Waals surface area (Å²) in [4.78, 5) is 8.32. The second-order valence-electron chi connectivity index (χ2n) is 4.00. The standard InChI is InChI=1S/C13H14FN3O/c1-8-5-10(14)3-4-12(8)18-13-16-9(2)6-11(7-15)17-13/h3-6H,7,15H2,1-2H3. The fourth-order valence-corrected chi connectivity index (χ4v) is 1.58. The summed E-state index contributed by atoms with van der Waals surface area (Å²) in [6.45, 7) is 3.92. The highest BCUT2D eigenvalue weighted by Crippen LogP contribution is 2.23. The van der Waals surface area contributed by atoms with E-state index in [4.69, 9.17) is 10.5 Å². The molecule has 1 heterocycles. The molecule has 18 heavy (non-hydrogen) atoms. The Labute approximate surface area is 105 Å². The van der Waals surface area contributed by atoms with Crippen LogP contribution in [0.1, 0.15) is 17.0 Å². The maximum absolute atomic E-state index is 13.0. The predicted molar refractivity (Wildman–Crippen MR) is 65.9 cm³/mol. The van der Waals surface area contributed by atoms with Crippen molar-refractivity contribution >= 4 is 0 Å². The van der Waals surface area contributed by atoms with Gasteiger partial charge < -0.3 is 10.5 Å². The SMILES string of the molecule is Cc1cc(CN)nc(Oc2ccc(F)cc2C)n1. The number of nitrogens with zero attached hydrogens (tertiary/aromatic N) is 2. The first-order valence-electron chi connectivity index (χ1n) is 5.57. The third-order valence-corrected chi connectivity index (χ3v) is 2.43. The van der Waals surface area contributed by atoms with E-state index in [0.717, 1.165) is 5.69 Å². The second-order valence-corrected chi connectivity index (χ2v) is 4.00. The zero-order valence-electron chi connectivity index (χ0n) is 10.3. The summed E-state index contributed by atoms with van der Waals surface area (Å²) in [7, 11) is 0. The quantitative estimate of drug-likeness (QED) is 0.905. The average Bonchev–Trinajstić information content (AvgIpc) is 2.32. The third kappa shape index (κ3) is 2.81. The van der Waals surface area contributed by atoms with Crippen LogP contribution in [0.3, 0.4) is 0 Å². The minimum absolute atomic E-state index is 0.227. The van der Waals surface area contributed by atoms with Gasteiger partial charge in [-0.2, -0.15) is 4.98 Å². The first-order chi connectivity index (χ1) is 8.58. The van der Waals surface area contributed by atoms with Crippen LogP contribution in [0.15, 0.2) is 24.3 Å². The van der Waals surface area contributed by atoms with Crippen LogP contribution in [0, 0.1) is 19.7 Å². The van der Waals surface area contributed by atoms with Crippen molar-refractivity contribution < 1.29 is 9.13 Å². The zero-order chi connectivity index (χ0) is 13.1. The first-order valence-corrected chi connectivity index (χ1v) is 5.57. The van der Waals surface area contributed by atoms with Crippen molar-refractivity contribution in [2.24, 2.45) is 5.73 Å². The Hall–Kier alpha value is -2.01. The van der Waals surface area contributed by atoms with Gasteiger partial charge in [-0.1, -0.05) is 0 Å². The number of halogens is 1. The molecular formula is C13H14FN3O. The number of ether oxygens (including phenoxy) is 1. The molecule has 0 aliphatic heterocycles. The lowest BCUT2D eigenvalue weighted by Crippen LogP contribution is -2.04. The minimum atomic E-state index is -0.298. The van der Waals surface area contributed by atoms with Gasteiger partial charge in [-0.05, 0) is 43.7 Å². The number of nitrogens with two attached hydrogens (primary N) is 1. The van der Waals surface area contributed by atoms with Gasteiger partial charge in [0.1, 0.15) is 11.6 Å². The molecule has 2 aromatic rings. The molecule has 5 heteroatoms. The number of aromatic nitrogens is 2. The normalized spacial score (nSPS) is 10.4. The molecule has 0 saturated carbocycles. The molecule has 4 nitrogen and oxygen atoms in total. The molecule has 0 atom stereocenters. The number of benzene rings is 1. The van der Waals surface area contributed by atoms with Gasteiger partial charge >= 0.3 is 6.01 Å². The number of hydrogen-bond donors (Lipinski definition) is 1. The lowest BCUT2D eigenvalue weighted by Gasteiger charge is -2.08. The maximum Gasteiger partial charge on any atom is 0.322 e. The topological polar surface area (TPSA) is 61.0 Å². The number of aryl methyl sites for hydroxylation is 2. The van der Waals surface area contributed by atoms with Gasteiger partial charge in [0.15, 0.2) is 0 Å². The monoisotopic (exact) mass is 247 g/mol. The Bertz CT molecular complexity index is 572. The summed E-state index contributed by atoms with van der Waals surface area (Å²) in [5.74, 6) is 0.234. The highest BCUT2D eigenvalue weighted by molar-refractivity contribution is 5.34. The molecule has 1 aromatic heterocycles. The molecule has 0 fully saturated rings. The van der Waals surface area contributed by atoms with E-state index in [9.17, 15) is 4.39 Å². The van der Waals surface area contributed by atoms with Gasteiger partial charge in [-0.15, -0.1) is 0 Å². The summed E-state index contributed by atoms with van der Waals surface area (Å²) in [6, 6.07) is 6.31. The highest BCUT2D eigenvalue weighted by Gasteiger charge is 2.07. The smallest absolute Gasteiger partial charge is 0.322 e. The minimum Gasteiger partial charge on any atom is -0.424 e. The van der Waals surface area contributed by atoms with E-state index in [1.54, 1.807) is 19.1 Å². The van der Waals surface area contributed by atoms with Crippen LogP contribution in [0.25, 0.3) is 0 Å². The van der Waals surface area contributed by atoms with E-state index >= 15 is 0 Å². The van der Waals surface area contributed by atoms with Gasteiger partial charge in [-0.3, -0.25) is 0 Å². The molecule has 0 spiro atoms. The van der Waals surface area contributed by atoms with Crippen molar-refractivity contribution in [1.82, 2.24) is 9.97 Å². The van der Waals surface area contributed by atoms with Crippen molar-refractivity contribution in [1.29, 1.82) is 0 Å². The van der Waals surface area contributed by atoms with E-state index in [1.807, 2.05) is 6.92 Å². The van der Waals surface area contributed by atoms with Crippen molar-refractivity contribution in [3.63, 3.8) is 0 Å². The molecule has 0 unspecified atom stereocenters. The molecule has 0 amide bonds. The first kappa shape index (κ1) is 12.4. The van der Waals surface area contributed by atoms with Gasteiger partial charge in [-0.25, -0.2) is 9.37 Å². The summed E-state index contributed by atoms with van der Waals surface area (Å²) in [6.07, 6.45) is 0. The van der Waals surface area contributed by atoms with Gasteiger partial charge in [0.25, 0.3) is 0 Å². The number of rotatable bonds is 3. The molecule has 0 saturated heterocycles. The Balaban J connectivity index is 2.30. The van der Waals surface area contributed by atoms with E-state index in [1.165, 1.54) is 12.1 Å². The van der Waals surface area contributed by atoms with Gasteiger partial charge in [0.2, 0.25) is 0 Å². The van der Waals surface area contributed by atoms with Crippen molar-refractivity contribution in [2.45, 2.75) is 20.4 Å². The van der Waals surface area contributed by atoms with E-state index in [0.29, 0.717) is 23.6 Å². The van der Waals surface area contributed by atoms with Crippen LogP contribution >= 0.6 is 0 Å². The van der Waals surface area contributed by atoms with Crippen LogP contribution in [-0.4, -0.2) is 9.97 Å². The van der Waals surface area contributed by atoms with E-state index in [2.05, 4.69) is 9.97 Å². The van der Waals surface area contributed by atoms with E-state index < -0.39 is 0 Å². The summed E-state index contributed by atoms with van der Waals surface area (Å²) in [5.41, 5.74) is 7.71. The zero-order valence-corrected chi connectivity index (χ0v) is 10.3. The Morgan fingerprint density at radius 2 is 2.00 bits per heavy atom. The summed E-state index contributed by atoms with van der Waals surface area (Å²) >= 11 is 0. The molecule has 0 aliphatic carbocycles. The Morgan fingerprint density at radius 1 is 1.22 bits per heavy atom. The summed E-state index contributed by atoms with van der Waals surface area (Å²) in [5, 5.41) is 0. The molecule has 94 valence electrons. The molecule has 2 rings (SSSR count). The summed E-state index contributed by atoms with van der Waals surface area (Å²) < 4.78 is 18.5. The van der Waals surface area contributed by atoms with Crippen LogP contribution in [0.4, 0.5) is 4.39 Å². The number of hydrogen-bond acceptors (Lipinski definition) is 4. The molecule has 0 aliphatic rings. The Morgan fingerprint density at radius 3 is 2.67 bits per heavy atom. The lowest BCUT2D eigenvalue weighted by molar-refractivity contribution is 0.433. The van der Waals surface area contributed by atoms with Crippen LogP contribution in [-0.2, 0) is 6.54 Å². The van der Waals surface area contributed by atoms with Crippen molar-refractivity contribution in [3.8, 4) is 11.8 Å². The molecule has 0 radical (unpaired) electrons. The van der Waals surface area contributed by atoms with Crippen molar-refractivity contribution in [3.05, 3.63) is 47.0 Å². The van der Waals surface area contributed by atoms with Crippen LogP contribution < -0.4 is 10.5 Å². The van der Waals surface area contributed by atoms with Crippen molar-refractivity contribution in [2.75, 3.05) is 0 Å². The molecule has 0 bridgehead atoms. The Kier molecular flexibility index (Phi) is 3.53. The second kappa shape index (κ2) is 5.10. The average molecular weight is 247 g/mol. The van der Waals surface area contributed by atoms with Gasteiger partial charge in [0, 0.05) is 12.2 Å². The molecule has 2 N–H and O–H groups in total. The van der Waals surface area contributed by atoms with Crippen LogP contribution in [0.5, 0.6) is 11.8 Å². The molecular weight excluding hydrogens is 233 g/mol. The van der Waals surface area contributed by atoms with Gasteiger partial charge in [0.05, 0.1) is 5.69 Å². The van der Waals surface area contributed by atoms with Crippen LogP contribution in [0.2, 0.25) is 0 Å².